The van der Waals surface area contributed by atoms with Gasteiger partial charge in [-0.25, -0.2) is 4.68 Å². The molecule has 1 aliphatic rings. The molecule has 0 bridgehead atoms. The fourth-order valence-corrected chi connectivity index (χ4v) is 3.58. The topological polar surface area (TPSA) is 111 Å². The zero-order chi connectivity index (χ0) is 22.0. The Labute approximate surface area is 179 Å². The first-order chi connectivity index (χ1) is 15.0. The number of allylic oxidation sites excluding steroid dienone is 2. The molecular formula is C24H16N6O. The molecular weight excluding hydrogens is 388 g/mol. The molecule has 0 spiro atoms. The van der Waals surface area contributed by atoms with E-state index in [1.165, 1.54) is 0 Å². The van der Waals surface area contributed by atoms with Crippen LogP contribution in [-0.4, -0.2) is 20.6 Å². The minimum atomic E-state index is -0.864. The van der Waals surface area contributed by atoms with Crippen LogP contribution in [0.1, 0.15) is 19.4 Å². The van der Waals surface area contributed by atoms with Gasteiger partial charge in [-0.2, -0.15) is 15.8 Å². The maximum atomic E-state index is 9.72. The van der Waals surface area contributed by atoms with E-state index >= 15 is 0 Å². The highest BCUT2D eigenvalue weighted by Crippen LogP contribution is 2.45. The number of para-hydroxylation sites is 1. The van der Waals surface area contributed by atoms with Crippen molar-refractivity contribution in [1.82, 2.24) is 15.0 Å². The summed E-state index contributed by atoms with van der Waals surface area (Å²) in [4.78, 5) is 0. The monoisotopic (exact) mass is 404 g/mol. The predicted octanol–water partition coefficient (Wildman–Crippen LogP) is 4.32. The molecule has 2 heterocycles. The molecule has 0 fully saturated rings. The SMILES string of the molecule is CC1(C)OC(=C(C#N)C#N)C(C#N)=C1c1ccc(-c2cn(-c3ccccc3)nn2)cc1. The van der Waals surface area contributed by atoms with E-state index < -0.39 is 5.60 Å². The lowest BCUT2D eigenvalue weighted by Gasteiger charge is -2.22. The molecule has 0 aliphatic carbocycles. The summed E-state index contributed by atoms with van der Waals surface area (Å²) in [6.07, 6.45) is 1.85. The van der Waals surface area contributed by atoms with Crippen molar-refractivity contribution in [3.8, 4) is 35.2 Å². The standard InChI is InChI=1S/C24H16N6O/c1-24(2)22(20(14-27)23(31-24)18(12-25)13-26)17-10-8-16(9-11-17)21-15-30(29-28-21)19-6-4-3-5-7-19/h3-11,15H,1-2H3. The number of nitriles is 3. The zero-order valence-electron chi connectivity index (χ0n) is 16.9. The van der Waals surface area contributed by atoms with Crippen molar-refractivity contribution in [2.75, 3.05) is 0 Å². The molecule has 31 heavy (non-hydrogen) atoms. The molecule has 7 heteroatoms. The van der Waals surface area contributed by atoms with Crippen LogP contribution >= 0.6 is 0 Å². The Morgan fingerprint density at radius 2 is 1.58 bits per heavy atom. The first kappa shape index (κ1) is 19.6. The molecule has 148 valence electrons. The number of hydrogen-bond acceptors (Lipinski definition) is 6. The highest BCUT2D eigenvalue weighted by atomic mass is 16.5. The average molecular weight is 404 g/mol. The number of ether oxygens (including phenoxy) is 1. The minimum Gasteiger partial charge on any atom is -0.480 e. The van der Waals surface area contributed by atoms with Crippen LogP contribution in [-0.2, 0) is 4.74 Å². The van der Waals surface area contributed by atoms with Gasteiger partial charge in [0.05, 0.1) is 11.9 Å². The Hall–Kier alpha value is -4.67. The van der Waals surface area contributed by atoms with Gasteiger partial charge in [0.15, 0.2) is 11.3 Å². The summed E-state index contributed by atoms with van der Waals surface area (Å²) in [5, 5.41) is 36.6. The van der Waals surface area contributed by atoms with Crippen molar-refractivity contribution in [3.05, 3.63) is 83.3 Å². The molecule has 3 aromatic rings. The molecule has 4 rings (SSSR count). The fraction of sp³-hybridized carbons (Fsp3) is 0.125. The summed E-state index contributed by atoms with van der Waals surface area (Å²) in [7, 11) is 0. The van der Waals surface area contributed by atoms with Crippen LogP contribution in [0, 0.1) is 34.0 Å². The Bertz CT molecular complexity index is 1320. The van der Waals surface area contributed by atoms with E-state index in [1.54, 1.807) is 30.7 Å². The van der Waals surface area contributed by atoms with Crippen LogP contribution in [0.3, 0.4) is 0 Å². The normalized spacial score (nSPS) is 14.4. The summed E-state index contributed by atoms with van der Waals surface area (Å²) in [5.74, 6) is 0.0300. The molecule has 0 N–H and O–H groups in total. The minimum absolute atomic E-state index is 0.0300. The van der Waals surface area contributed by atoms with Gasteiger partial charge in [-0.3, -0.25) is 0 Å². The van der Waals surface area contributed by atoms with E-state index in [1.807, 2.05) is 60.8 Å². The second kappa shape index (κ2) is 7.63. The molecule has 0 saturated heterocycles. The number of benzene rings is 2. The first-order valence-electron chi connectivity index (χ1n) is 9.46. The van der Waals surface area contributed by atoms with E-state index in [9.17, 15) is 15.8 Å². The lowest BCUT2D eigenvalue weighted by Crippen LogP contribution is -2.21. The third-order valence-electron chi connectivity index (χ3n) is 4.98. The van der Waals surface area contributed by atoms with Gasteiger partial charge in [-0.15, -0.1) is 5.10 Å². The van der Waals surface area contributed by atoms with E-state index in [4.69, 9.17) is 4.74 Å². The van der Waals surface area contributed by atoms with Crippen LogP contribution in [0.4, 0.5) is 0 Å². The van der Waals surface area contributed by atoms with Gasteiger partial charge >= 0.3 is 0 Å². The molecule has 0 atom stereocenters. The maximum absolute atomic E-state index is 9.72. The quantitative estimate of drug-likeness (QED) is 0.601. The first-order valence-corrected chi connectivity index (χ1v) is 9.46. The van der Waals surface area contributed by atoms with Crippen molar-refractivity contribution < 1.29 is 4.74 Å². The average Bonchev–Trinajstić information content (AvgIpc) is 3.38. The second-order valence-corrected chi connectivity index (χ2v) is 7.36. The van der Waals surface area contributed by atoms with Gasteiger partial charge in [0, 0.05) is 11.1 Å². The van der Waals surface area contributed by atoms with Crippen LogP contribution in [0.2, 0.25) is 0 Å². The lowest BCUT2D eigenvalue weighted by molar-refractivity contribution is 0.109. The molecule has 0 saturated carbocycles. The third-order valence-corrected chi connectivity index (χ3v) is 4.98. The summed E-state index contributed by atoms with van der Waals surface area (Å²) < 4.78 is 7.55. The molecule has 0 unspecified atom stereocenters. The largest absolute Gasteiger partial charge is 0.480 e. The third kappa shape index (κ3) is 3.44. The van der Waals surface area contributed by atoms with Gasteiger partial charge in [-0.05, 0) is 31.5 Å². The zero-order valence-corrected chi connectivity index (χ0v) is 16.9. The Balaban J connectivity index is 1.73. The molecule has 1 aromatic heterocycles. The highest BCUT2D eigenvalue weighted by Gasteiger charge is 2.40. The smallest absolute Gasteiger partial charge is 0.172 e. The fourth-order valence-electron chi connectivity index (χ4n) is 3.58. The van der Waals surface area contributed by atoms with Crippen molar-refractivity contribution in [3.63, 3.8) is 0 Å². The molecule has 7 nitrogen and oxygen atoms in total. The number of nitrogens with zero attached hydrogens (tertiary/aromatic N) is 6. The van der Waals surface area contributed by atoms with Crippen LogP contribution < -0.4 is 0 Å². The summed E-state index contributed by atoms with van der Waals surface area (Å²) in [6, 6.07) is 22.9. The van der Waals surface area contributed by atoms with Crippen molar-refractivity contribution in [1.29, 1.82) is 15.8 Å². The van der Waals surface area contributed by atoms with E-state index in [0.717, 1.165) is 16.8 Å². The van der Waals surface area contributed by atoms with Crippen LogP contribution in [0.25, 0.3) is 22.5 Å². The van der Waals surface area contributed by atoms with Gasteiger partial charge in [0.1, 0.15) is 35.1 Å². The number of rotatable bonds is 3. The molecule has 0 radical (unpaired) electrons. The predicted molar refractivity (Wildman–Crippen MR) is 113 cm³/mol. The Morgan fingerprint density at radius 3 is 2.19 bits per heavy atom. The summed E-state index contributed by atoms with van der Waals surface area (Å²) in [6.45, 7) is 3.61. The summed E-state index contributed by atoms with van der Waals surface area (Å²) >= 11 is 0. The second-order valence-electron chi connectivity index (χ2n) is 7.36. The maximum Gasteiger partial charge on any atom is 0.172 e. The van der Waals surface area contributed by atoms with Crippen LogP contribution in [0.5, 0.6) is 0 Å². The van der Waals surface area contributed by atoms with E-state index in [-0.39, 0.29) is 16.9 Å². The molecule has 2 aromatic carbocycles. The van der Waals surface area contributed by atoms with Crippen molar-refractivity contribution in [2.24, 2.45) is 0 Å². The highest BCUT2D eigenvalue weighted by molar-refractivity contribution is 5.84. The van der Waals surface area contributed by atoms with Gasteiger partial charge in [0.25, 0.3) is 0 Å². The Kier molecular flexibility index (Phi) is 4.83. The number of aromatic nitrogens is 3. The lowest BCUT2D eigenvalue weighted by atomic mass is 9.88. The molecule has 0 amide bonds. The summed E-state index contributed by atoms with van der Waals surface area (Å²) in [5.41, 5.74) is 3.02. The number of hydrogen-bond donors (Lipinski definition) is 0. The van der Waals surface area contributed by atoms with Gasteiger partial charge in [0.2, 0.25) is 0 Å². The van der Waals surface area contributed by atoms with Crippen molar-refractivity contribution in [2.45, 2.75) is 19.4 Å². The van der Waals surface area contributed by atoms with Crippen molar-refractivity contribution >= 4 is 5.57 Å². The van der Waals surface area contributed by atoms with E-state index in [0.29, 0.717) is 11.3 Å². The van der Waals surface area contributed by atoms with Crippen LogP contribution in [0.15, 0.2) is 77.7 Å². The Morgan fingerprint density at radius 1 is 0.935 bits per heavy atom. The van der Waals surface area contributed by atoms with E-state index in [2.05, 4.69) is 16.4 Å². The van der Waals surface area contributed by atoms with Gasteiger partial charge < -0.3 is 4.74 Å². The van der Waals surface area contributed by atoms with Gasteiger partial charge in [-0.1, -0.05) is 47.7 Å². The molecule has 1 aliphatic heterocycles.